The molecule has 1 atom stereocenters. The van der Waals surface area contributed by atoms with Crippen LogP contribution in [0, 0.1) is 0 Å². The van der Waals surface area contributed by atoms with Crippen molar-refractivity contribution in [3.63, 3.8) is 0 Å². The molecule has 0 bridgehead atoms. The molecular formula is C33H32N8O. The van der Waals surface area contributed by atoms with Gasteiger partial charge in [0, 0.05) is 61.2 Å². The Morgan fingerprint density at radius 2 is 1.83 bits per heavy atom. The molecule has 1 aliphatic heterocycles. The van der Waals surface area contributed by atoms with Gasteiger partial charge in [-0.25, -0.2) is 15.0 Å². The number of pyridine rings is 3. The Hall–Kier alpha value is -4.89. The van der Waals surface area contributed by atoms with Crippen molar-refractivity contribution in [1.29, 1.82) is 0 Å². The molecule has 5 heterocycles. The number of carbonyl (C=O) groups is 1. The molecule has 1 aromatic carbocycles. The van der Waals surface area contributed by atoms with Gasteiger partial charge < -0.3 is 16.0 Å². The molecular weight excluding hydrogens is 524 g/mol. The zero-order chi connectivity index (χ0) is 28.6. The number of anilines is 1. The number of nitrogens with one attached hydrogen (secondary N) is 1. The van der Waals surface area contributed by atoms with Crippen LogP contribution in [0.3, 0.4) is 0 Å². The first-order chi connectivity index (χ1) is 20.6. The summed E-state index contributed by atoms with van der Waals surface area (Å²) >= 11 is 0. The van der Waals surface area contributed by atoms with Crippen LogP contribution < -0.4 is 11.1 Å². The van der Waals surface area contributed by atoms with Crippen LogP contribution >= 0.6 is 0 Å². The second-order valence-electron chi connectivity index (χ2n) is 11.0. The van der Waals surface area contributed by atoms with Gasteiger partial charge in [-0.3, -0.25) is 14.3 Å². The SMILES string of the molecule is C=CC(=O)N1CCC(N[C@H]2CCc3cc(-n4c(-c5cccnc5N)nc5cc(-c6ccncc6)cnc54)ccc32)CC1. The van der Waals surface area contributed by atoms with Gasteiger partial charge in [-0.1, -0.05) is 12.6 Å². The van der Waals surface area contributed by atoms with Gasteiger partial charge in [0.05, 0.1) is 5.56 Å². The molecule has 4 aromatic heterocycles. The van der Waals surface area contributed by atoms with E-state index in [2.05, 4.69) is 50.7 Å². The second-order valence-corrected chi connectivity index (χ2v) is 11.0. The van der Waals surface area contributed by atoms with E-state index in [-0.39, 0.29) is 5.91 Å². The Balaban J connectivity index is 1.22. The number of fused-ring (bicyclic) bond motifs is 2. The molecule has 42 heavy (non-hydrogen) atoms. The minimum atomic E-state index is 0.0229. The number of rotatable bonds is 6. The molecule has 0 radical (unpaired) electrons. The van der Waals surface area contributed by atoms with E-state index < -0.39 is 0 Å². The summed E-state index contributed by atoms with van der Waals surface area (Å²) in [6, 6.07) is 17.2. The second kappa shape index (κ2) is 10.8. The molecule has 1 aliphatic carbocycles. The average molecular weight is 557 g/mol. The van der Waals surface area contributed by atoms with E-state index in [1.807, 2.05) is 35.4 Å². The van der Waals surface area contributed by atoms with Gasteiger partial charge in [-0.15, -0.1) is 0 Å². The molecule has 3 N–H and O–H groups in total. The Labute approximate surface area is 244 Å². The first kappa shape index (κ1) is 26.0. The number of nitrogen functional groups attached to an aromatic ring is 1. The lowest BCUT2D eigenvalue weighted by atomic mass is 10.0. The summed E-state index contributed by atoms with van der Waals surface area (Å²) < 4.78 is 2.09. The zero-order valence-electron chi connectivity index (χ0n) is 23.3. The number of carbonyl (C=O) groups excluding carboxylic acids is 1. The van der Waals surface area contributed by atoms with E-state index in [4.69, 9.17) is 15.7 Å². The van der Waals surface area contributed by atoms with E-state index in [0.29, 0.717) is 23.7 Å². The highest BCUT2D eigenvalue weighted by Gasteiger charge is 2.29. The number of hydrogen-bond donors (Lipinski definition) is 2. The van der Waals surface area contributed by atoms with Crippen LogP contribution in [0.15, 0.2) is 86.0 Å². The monoisotopic (exact) mass is 556 g/mol. The van der Waals surface area contributed by atoms with Gasteiger partial charge in [-0.2, -0.15) is 0 Å². The maximum atomic E-state index is 12.0. The minimum Gasteiger partial charge on any atom is -0.383 e. The van der Waals surface area contributed by atoms with Crippen LogP contribution in [0.2, 0.25) is 0 Å². The number of nitrogens with two attached hydrogens (primary N) is 1. The molecule has 1 amide bonds. The Morgan fingerprint density at radius 3 is 2.62 bits per heavy atom. The Bertz CT molecular complexity index is 1790. The number of piperidine rings is 1. The molecule has 0 spiro atoms. The third-order valence-corrected chi connectivity index (χ3v) is 8.47. The van der Waals surface area contributed by atoms with E-state index in [0.717, 1.165) is 72.3 Å². The van der Waals surface area contributed by atoms with Gasteiger partial charge in [0.1, 0.15) is 11.3 Å². The fraction of sp³-hybridized carbons (Fsp3) is 0.242. The maximum Gasteiger partial charge on any atom is 0.245 e. The molecule has 210 valence electrons. The van der Waals surface area contributed by atoms with Crippen molar-refractivity contribution >= 4 is 22.9 Å². The van der Waals surface area contributed by atoms with Crippen LogP contribution in [-0.4, -0.2) is 54.4 Å². The number of nitrogens with zero attached hydrogens (tertiary/aromatic N) is 6. The number of likely N-dealkylation sites (tertiary alicyclic amines) is 1. The molecule has 7 rings (SSSR count). The van der Waals surface area contributed by atoms with Crippen LogP contribution in [0.25, 0.3) is 39.4 Å². The summed E-state index contributed by atoms with van der Waals surface area (Å²) in [5.74, 6) is 1.16. The highest BCUT2D eigenvalue weighted by molar-refractivity contribution is 5.87. The third-order valence-electron chi connectivity index (χ3n) is 8.47. The van der Waals surface area contributed by atoms with E-state index in [1.165, 1.54) is 17.2 Å². The summed E-state index contributed by atoms with van der Waals surface area (Å²) in [7, 11) is 0. The Morgan fingerprint density at radius 1 is 1.00 bits per heavy atom. The van der Waals surface area contributed by atoms with Crippen molar-refractivity contribution in [2.75, 3.05) is 18.8 Å². The van der Waals surface area contributed by atoms with Crippen molar-refractivity contribution in [3.8, 4) is 28.2 Å². The van der Waals surface area contributed by atoms with E-state index in [9.17, 15) is 4.79 Å². The zero-order valence-corrected chi connectivity index (χ0v) is 23.3. The summed E-state index contributed by atoms with van der Waals surface area (Å²) in [6.45, 7) is 5.16. The molecule has 9 heteroatoms. The number of amides is 1. The summed E-state index contributed by atoms with van der Waals surface area (Å²) in [5.41, 5.74) is 14.3. The largest absolute Gasteiger partial charge is 0.383 e. The fourth-order valence-electron chi connectivity index (χ4n) is 6.30. The number of aryl methyl sites for hydroxylation is 1. The molecule has 5 aromatic rings. The highest BCUT2D eigenvalue weighted by atomic mass is 16.2. The number of benzene rings is 1. The number of hydrogen-bond acceptors (Lipinski definition) is 7. The normalized spacial score (nSPS) is 17.0. The van der Waals surface area contributed by atoms with Crippen molar-refractivity contribution in [2.45, 2.75) is 37.8 Å². The first-order valence-electron chi connectivity index (χ1n) is 14.4. The van der Waals surface area contributed by atoms with E-state index >= 15 is 0 Å². The van der Waals surface area contributed by atoms with E-state index in [1.54, 1.807) is 18.6 Å². The predicted octanol–water partition coefficient (Wildman–Crippen LogP) is 4.88. The fourth-order valence-corrected chi connectivity index (χ4v) is 6.30. The summed E-state index contributed by atoms with van der Waals surface area (Å²) in [5, 5.41) is 3.88. The maximum absolute atomic E-state index is 12.0. The summed E-state index contributed by atoms with van der Waals surface area (Å²) in [4.78, 5) is 32.3. The molecule has 0 unspecified atom stereocenters. The third kappa shape index (κ3) is 4.71. The smallest absolute Gasteiger partial charge is 0.245 e. The van der Waals surface area contributed by atoms with Crippen molar-refractivity contribution < 1.29 is 4.79 Å². The molecule has 2 aliphatic rings. The standard InChI is InChI=1S/C33H32N8O/c1-2-30(42)40-16-11-24(12-17-40)38-28-8-5-22-18-25(6-7-26(22)28)41-32(27-4-3-13-36-31(27)34)39-29-19-23(20-37-33(29)41)21-9-14-35-15-10-21/h2-4,6-7,9-10,13-15,18-20,24,28,38H,1,5,8,11-12,16-17H2,(H2,34,36)/t28-/m0/s1. The lowest BCUT2D eigenvalue weighted by Crippen LogP contribution is -2.45. The van der Waals surface area contributed by atoms with Gasteiger partial charge in [0.2, 0.25) is 5.91 Å². The molecule has 9 nitrogen and oxygen atoms in total. The van der Waals surface area contributed by atoms with Crippen LogP contribution in [-0.2, 0) is 11.2 Å². The number of imidazole rings is 1. The highest BCUT2D eigenvalue weighted by Crippen LogP contribution is 2.37. The van der Waals surface area contributed by atoms with Crippen molar-refractivity contribution in [2.24, 2.45) is 0 Å². The predicted molar refractivity (Wildman–Crippen MR) is 164 cm³/mol. The van der Waals surface area contributed by atoms with Gasteiger partial charge in [0.15, 0.2) is 11.5 Å². The lowest BCUT2D eigenvalue weighted by molar-refractivity contribution is -0.127. The van der Waals surface area contributed by atoms with Crippen molar-refractivity contribution in [3.05, 3.63) is 97.1 Å². The van der Waals surface area contributed by atoms with Crippen LogP contribution in [0.5, 0.6) is 0 Å². The van der Waals surface area contributed by atoms with Crippen LogP contribution in [0.4, 0.5) is 5.82 Å². The lowest BCUT2D eigenvalue weighted by Gasteiger charge is -2.33. The topological polar surface area (TPSA) is 115 Å². The quantitative estimate of drug-likeness (QED) is 0.287. The van der Waals surface area contributed by atoms with Crippen LogP contribution in [0.1, 0.15) is 36.4 Å². The van der Waals surface area contributed by atoms with Gasteiger partial charge >= 0.3 is 0 Å². The molecule has 1 saturated heterocycles. The van der Waals surface area contributed by atoms with Gasteiger partial charge in [-0.05, 0) is 90.9 Å². The Kier molecular flexibility index (Phi) is 6.71. The first-order valence-corrected chi connectivity index (χ1v) is 14.4. The minimum absolute atomic E-state index is 0.0229. The molecule has 0 saturated carbocycles. The summed E-state index contributed by atoms with van der Waals surface area (Å²) in [6.07, 6.45) is 12.5. The number of aromatic nitrogens is 5. The molecule has 1 fully saturated rings. The van der Waals surface area contributed by atoms with Gasteiger partial charge in [0.25, 0.3) is 0 Å². The average Bonchev–Trinajstić information content (AvgIpc) is 3.62. The van der Waals surface area contributed by atoms with Crippen molar-refractivity contribution in [1.82, 2.24) is 34.7 Å².